The van der Waals surface area contributed by atoms with Gasteiger partial charge in [0.1, 0.15) is 18.3 Å². The van der Waals surface area contributed by atoms with E-state index in [-0.39, 0.29) is 39.0 Å². The number of hydrogen-bond donors (Lipinski definition) is 1. The van der Waals surface area contributed by atoms with Gasteiger partial charge in [-0.3, -0.25) is 14.4 Å². The van der Waals surface area contributed by atoms with Gasteiger partial charge in [-0.1, -0.05) is 15.3 Å². The molecular weight excluding hydrogens is 909 g/mol. The first-order valence-corrected chi connectivity index (χ1v) is 21.1. The van der Waals surface area contributed by atoms with Crippen molar-refractivity contribution in [3.63, 3.8) is 0 Å². The molecule has 3 aromatic heterocycles. The SMILES string of the molecule is CCOC(=O)/C(=C/c1cnc(C)s1)N=[N+]=[N-].CCOC(=O)C(N=[N+]=[N-])C(O)c1cnc(C)s1.CCOC(=O)CN=[N+]=[N-].Cc1ncc(C=O)s1.S.S=S.S=S=S. The van der Waals surface area contributed by atoms with Crippen LogP contribution < -0.4 is 0 Å². The van der Waals surface area contributed by atoms with Crippen molar-refractivity contribution in [3.8, 4) is 0 Å². The van der Waals surface area contributed by atoms with E-state index in [1.807, 2.05) is 13.8 Å². The van der Waals surface area contributed by atoms with Crippen LogP contribution in [0, 0.1) is 20.8 Å². The Labute approximate surface area is 363 Å². The number of ether oxygens (including phenoxy) is 3. The van der Waals surface area contributed by atoms with Crippen LogP contribution in [-0.4, -0.2) is 76.7 Å². The van der Waals surface area contributed by atoms with Gasteiger partial charge in [0, 0.05) is 91.8 Å². The van der Waals surface area contributed by atoms with E-state index in [9.17, 15) is 24.3 Å². The molecule has 2 unspecified atom stereocenters. The third-order valence-electron chi connectivity index (χ3n) is 4.81. The predicted molar refractivity (Wildman–Crippen MR) is 232 cm³/mol. The van der Waals surface area contributed by atoms with Crippen LogP contribution in [0.1, 0.15) is 61.3 Å². The van der Waals surface area contributed by atoms with Gasteiger partial charge in [-0.2, -0.15) is 13.5 Å². The molecule has 56 heavy (non-hydrogen) atoms. The summed E-state index contributed by atoms with van der Waals surface area (Å²) >= 11 is 19.6. The predicted octanol–water partition coefficient (Wildman–Crippen LogP) is 6.62. The summed E-state index contributed by atoms with van der Waals surface area (Å²) in [4.78, 5) is 64.4. The fourth-order valence-electron chi connectivity index (χ4n) is 2.88. The Kier molecular flexibility index (Phi) is 41.2. The second-order valence-corrected chi connectivity index (χ2v) is 14.1. The molecule has 0 radical (unpaired) electrons. The summed E-state index contributed by atoms with van der Waals surface area (Å²) in [5, 5.41) is 22.0. The Balaban J connectivity index is -0.000000320. The molecule has 0 aliphatic rings. The normalized spacial score (nSPS) is 10.0. The Bertz CT molecular complexity index is 1830. The molecule has 3 rings (SSSR count). The van der Waals surface area contributed by atoms with Crippen LogP contribution in [0.4, 0.5) is 0 Å². The molecule has 0 aliphatic heterocycles. The van der Waals surface area contributed by atoms with Gasteiger partial charge in [0.15, 0.2) is 12.3 Å². The highest BCUT2D eigenvalue weighted by Gasteiger charge is 2.29. The first-order chi connectivity index (χ1) is 26.3. The van der Waals surface area contributed by atoms with Crippen LogP contribution in [0.5, 0.6) is 0 Å². The molecule has 0 spiro atoms. The Morgan fingerprint density at radius 3 is 1.73 bits per heavy atom. The molecule has 0 fully saturated rings. The number of esters is 3. The molecule has 0 aliphatic carbocycles. The van der Waals surface area contributed by atoms with Gasteiger partial charge in [-0.15, -0.1) is 34.0 Å². The van der Waals surface area contributed by atoms with Gasteiger partial charge in [-0.05, 0) is 64.2 Å². The topological polar surface area (TPSA) is 301 Å². The summed E-state index contributed by atoms with van der Waals surface area (Å²) in [6, 6.07) is -1.28. The monoisotopic (exact) mass is 944 g/mol. The van der Waals surface area contributed by atoms with E-state index in [1.165, 1.54) is 46.3 Å². The molecule has 0 bridgehead atoms. The van der Waals surface area contributed by atoms with Crippen LogP contribution in [0.3, 0.4) is 0 Å². The summed E-state index contributed by atoms with van der Waals surface area (Å²) in [5.74, 6) is -1.87. The number of nitrogens with zero attached hydrogens (tertiary/aromatic N) is 12. The zero-order valence-corrected chi connectivity index (χ0v) is 37.8. The van der Waals surface area contributed by atoms with Crippen molar-refractivity contribution in [1.82, 2.24) is 15.0 Å². The quantitative estimate of drug-likeness (QED) is 0.0358. The summed E-state index contributed by atoms with van der Waals surface area (Å²) < 4.78 is 13.9. The maximum Gasteiger partial charge on any atom is 0.340 e. The minimum atomic E-state index is -1.28. The fourth-order valence-corrected chi connectivity index (χ4v) is 5.01. The standard InChI is InChI=1S/C9H12N4O3S.C9H10N4O2S.C5H5NOS.C4H7N3O2.S3.S2.H2S/c1-3-16-9(15)7(12-13-10)8(14)6-4-11-5(2)17-6;1-3-15-9(14)8(12-13-10)4-7-5-11-6(2)16-7;1-4-6-2-5(3-7)8-4;1-2-9-4(8)3-6-7-5;1-3-2;1-2;/h4,7-8,14H,3H2,1-2H3;4-5H,3H2,1-2H3;2-3H,1H3;2-3H2,1H3;;;1H2/b;8-4-;;;;;. The molecule has 0 amide bonds. The summed E-state index contributed by atoms with van der Waals surface area (Å²) in [7, 11) is 0.917. The fraction of sp³-hybridized carbons (Fsp3) is 0.444. The van der Waals surface area contributed by atoms with Crippen molar-refractivity contribution >= 4 is 131 Å². The number of aryl methyl sites for hydroxylation is 3. The second-order valence-electron chi connectivity index (χ2n) is 8.51. The molecule has 3 aromatic rings. The number of carbonyl (C=O) groups is 4. The molecule has 20 nitrogen and oxygen atoms in total. The second kappa shape index (κ2) is 39.3. The first kappa shape index (κ1) is 58.8. The minimum Gasteiger partial charge on any atom is -0.466 e. The van der Waals surface area contributed by atoms with E-state index < -0.39 is 30.1 Å². The van der Waals surface area contributed by atoms with Crippen LogP contribution in [0.15, 0.2) is 39.6 Å². The van der Waals surface area contributed by atoms with E-state index in [2.05, 4.69) is 94.5 Å². The van der Waals surface area contributed by atoms with Crippen LogP contribution in [0.2, 0.25) is 0 Å². The lowest BCUT2D eigenvalue weighted by atomic mass is 10.1. The van der Waals surface area contributed by atoms with E-state index in [0.717, 1.165) is 35.1 Å². The van der Waals surface area contributed by atoms with Crippen LogP contribution >= 0.6 is 47.5 Å². The van der Waals surface area contributed by atoms with Gasteiger partial charge in [0.2, 0.25) is 0 Å². The number of aliphatic hydroxyl groups is 1. The van der Waals surface area contributed by atoms with Gasteiger partial charge in [0.25, 0.3) is 0 Å². The lowest BCUT2D eigenvalue weighted by molar-refractivity contribution is -0.147. The van der Waals surface area contributed by atoms with E-state index >= 15 is 0 Å². The summed E-state index contributed by atoms with van der Waals surface area (Å²) in [5.41, 5.74) is 24.4. The highest BCUT2D eigenvalue weighted by molar-refractivity contribution is 8.37. The summed E-state index contributed by atoms with van der Waals surface area (Å²) in [6.45, 7) is 11.0. The zero-order valence-electron chi connectivity index (χ0n) is 30.3. The number of hydrogen-bond acceptors (Lipinski definition) is 21. The molecule has 0 aromatic carbocycles. The van der Waals surface area contributed by atoms with Crippen LogP contribution in [-0.2, 0) is 82.2 Å². The van der Waals surface area contributed by atoms with E-state index in [1.54, 1.807) is 40.1 Å². The number of aldehydes is 1. The lowest BCUT2D eigenvalue weighted by Gasteiger charge is -2.14. The number of thiazole rings is 3. The number of aliphatic hydroxyl groups excluding tert-OH is 1. The van der Waals surface area contributed by atoms with Crippen molar-refractivity contribution < 1.29 is 38.5 Å². The van der Waals surface area contributed by atoms with Crippen molar-refractivity contribution in [3.05, 3.63) is 85.3 Å². The first-order valence-electron chi connectivity index (χ1n) is 14.6. The Morgan fingerprint density at radius 2 is 1.36 bits per heavy atom. The van der Waals surface area contributed by atoms with E-state index in [0.29, 0.717) is 16.4 Å². The van der Waals surface area contributed by atoms with Crippen molar-refractivity contribution in [1.29, 1.82) is 0 Å². The largest absolute Gasteiger partial charge is 0.466 e. The number of carbonyl (C=O) groups excluding carboxylic acids is 4. The van der Waals surface area contributed by atoms with Gasteiger partial charge in [0.05, 0.1) is 44.6 Å². The van der Waals surface area contributed by atoms with Crippen LogP contribution in [0.25, 0.3) is 37.4 Å². The highest BCUT2D eigenvalue weighted by atomic mass is 33.1. The maximum absolute atomic E-state index is 11.5. The molecule has 0 saturated heterocycles. The lowest BCUT2D eigenvalue weighted by Crippen LogP contribution is -2.27. The Morgan fingerprint density at radius 1 is 0.857 bits per heavy atom. The third-order valence-corrected chi connectivity index (χ3v) is 7.49. The molecule has 3 heterocycles. The molecule has 1 N–H and O–H groups in total. The van der Waals surface area contributed by atoms with Gasteiger partial charge >= 0.3 is 17.9 Å². The average molecular weight is 945 g/mol. The molecular formula is C27H36N12O8S9. The molecule has 306 valence electrons. The van der Waals surface area contributed by atoms with Gasteiger partial charge < -0.3 is 19.3 Å². The average Bonchev–Trinajstić information content (AvgIpc) is 3.92. The molecule has 0 saturated carbocycles. The van der Waals surface area contributed by atoms with Crippen molar-refractivity contribution in [2.45, 2.75) is 53.7 Å². The third kappa shape index (κ3) is 29.4. The molecule has 2 atom stereocenters. The zero-order chi connectivity index (χ0) is 42.6. The smallest absolute Gasteiger partial charge is 0.340 e. The summed E-state index contributed by atoms with van der Waals surface area (Å²) in [6.07, 6.45) is 5.67. The number of rotatable bonds is 13. The van der Waals surface area contributed by atoms with Crippen molar-refractivity contribution in [2.75, 3.05) is 26.4 Å². The highest BCUT2D eigenvalue weighted by Crippen LogP contribution is 2.25. The van der Waals surface area contributed by atoms with Gasteiger partial charge in [-0.25, -0.2) is 19.7 Å². The minimum absolute atomic E-state index is 0. The van der Waals surface area contributed by atoms with Crippen molar-refractivity contribution in [2.24, 2.45) is 15.3 Å². The molecule has 29 heteroatoms. The maximum atomic E-state index is 11.5. The van der Waals surface area contributed by atoms with E-state index in [4.69, 9.17) is 26.1 Å². The number of azide groups is 3. The Hall–Kier alpha value is -3.95. The number of aromatic nitrogens is 3.